The van der Waals surface area contributed by atoms with Crippen LogP contribution in [0.1, 0.15) is 31.1 Å². The number of thioether (sulfide) groups is 1. The van der Waals surface area contributed by atoms with Crippen LogP contribution in [-0.2, 0) is 4.74 Å². The summed E-state index contributed by atoms with van der Waals surface area (Å²) < 4.78 is 5.32. The second-order valence-corrected chi connectivity index (χ2v) is 5.44. The van der Waals surface area contributed by atoms with Gasteiger partial charge in [-0.05, 0) is 45.2 Å². The van der Waals surface area contributed by atoms with Crippen LogP contribution in [0, 0.1) is 0 Å². The summed E-state index contributed by atoms with van der Waals surface area (Å²) in [5.74, 6) is 5.01. The molecule has 0 saturated carbocycles. The van der Waals surface area contributed by atoms with Gasteiger partial charge >= 0.3 is 5.97 Å². The first-order valence-corrected chi connectivity index (χ1v) is 6.48. The number of hydrazine groups is 1. The lowest BCUT2D eigenvalue weighted by Crippen LogP contribution is -2.25. The molecule has 1 aromatic rings. The second kappa shape index (κ2) is 5.42. The highest BCUT2D eigenvalue weighted by Gasteiger charge is 2.20. The van der Waals surface area contributed by atoms with E-state index in [1.165, 1.54) is 0 Å². The van der Waals surface area contributed by atoms with Crippen molar-refractivity contribution in [3.05, 3.63) is 23.8 Å². The van der Waals surface area contributed by atoms with Crippen LogP contribution in [0.2, 0.25) is 0 Å². The topological polar surface area (TPSA) is 64.3 Å². The van der Waals surface area contributed by atoms with E-state index in [0.29, 0.717) is 11.3 Å². The fraction of sp³-hybridized carbons (Fsp3) is 0.417. The van der Waals surface area contributed by atoms with Gasteiger partial charge in [-0.2, -0.15) is 0 Å². The van der Waals surface area contributed by atoms with Crippen LogP contribution in [-0.4, -0.2) is 17.8 Å². The first kappa shape index (κ1) is 13.9. The Morgan fingerprint density at radius 1 is 1.41 bits per heavy atom. The lowest BCUT2D eigenvalue weighted by atomic mass is 10.1. The van der Waals surface area contributed by atoms with Gasteiger partial charge in [0.25, 0.3) is 0 Å². The van der Waals surface area contributed by atoms with E-state index < -0.39 is 5.60 Å². The molecule has 0 aliphatic rings. The van der Waals surface area contributed by atoms with Crippen LogP contribution >= 0.6 is 11.8 Å². The van der Waals surface area contributed by atoms with E-state index in [2.05, 4.69) is 5.43 Å². The summed E-state index contributed by atoms with van der Waals surface area (Å²) in [6.07, 6.45) is 1.95. The maximum Gasteiger partial charge on any atom is 0.340 e. The Morgan fingerprint density at radius 2 is 2.06 bits per heavy atom. The summed E-state index contributed by atoms with van der Waals surface area (Å²) in [5.41, 5.74) is 3.01. The van der Waals surface area contributed by atoms with E-state index in [0.717, 1.165) is 4.90 Å². The lowest BCUT2D eigenvalue weighted by molar-refractivity contribution is 0.00704. The zero-order valence-corrected chi connectivity index (χ0v) is 11.4. The van der Waals surface area contributed by atoms with Crippen molar-refractivity contribution in [3.63, 3.8) is 0 Å². The van der Waals surface area contributed by atoms with Gasteiger partial charge in [-0.3, -0.25) is 5.84 Å². The molecule has 0 unspecified atom stereocenters. The molecule has 0 aromatic heterocycles. The van der Waals surface area contributed by atoms with Gasteiger partial charge in [0.15, 0.2) is 0 Å². The largest absolute Gasteiger partial charge is 0.456 e. The highest BCUT2D eigenvalue weighted by Crippen LogP contribution is 2.24. The first-order valence-electron chi connectivity index (χ1n) is 5.25. The second-order valence-electron chi connectivity index (χ2n) is 4.56. The molecular weight excluding hydrogens is 236 g/mol. The monoisotopic (exact) mass is 254 g/mol. The summed E-state index contributed by atoms with van der Waals surface area (Å²) in [7, 11) is 0. The number of esters is 1. The van der Waals surface area contributed by atoms with Crippen molar-refractivity contribution in [2.45, 2.75) is 31.3 Å². The Morgan fingerprint density at radius 3 is 2.53 bits per heavy atom. The number of anilines is 1. The predicted octanol–water partition coefficient (Wildman–Crippen LogP) is 2.65. The zero-order chi connectivity index (χ0) is 13.1. The van der Waals surface area contributed by atoms with E-state index in [9.17, 15) is 4.79 Å². The minimum absolute atomic E-state index is 0.374. The van der Waals surface area contributed by atoms with Crippen molar-refractivity contribution in [2.75, 3.05) is 11.7 Å². The number of ether oxygens (including phenoxy) is 1. The quantitative estimate of drug-likeness (QED) is 0.376. The van der Waals surface area contributed by atoms with Crippen LogP contribution in [0.25, 0.3) is 0 Å². The van der Waals surface area contributed by atoms with Gasteiger partial charge in [0.05, 0.1) is 11.3 Å². The summed E-state index contributed by atoms with van der Waals surface area (Å²) in [4.78, 5) is 13.0. The molecule has 0 radical (unpaired) electrons. The maximum absolute atomic E-state index is 12.0. The van der Waals surface area contributed by atoms with Gasteiger partial charge in [0.1, 0.15) is 5.60 Å². The number of carbonyl (C=O) groups excluding carboxylic acids is 1. The van der Waals surface area contributed by atoms with Crippen molar-refractivity contribution in [1.82, 2.24) is 0 Å². The summed E-state index contributed by atoms with van der Waals surface area (Å²) in [6, 6.07) is 5.44. The molecule has 0 spiro atoms. The fourth-order valence-corrected chi connectivity index (χ4v) is 1.72. The average Bonchev–Trinajstić information content (AvgIpc) is 2.25. The van der Waals surface area contributed by atoms with E-state index in [1.54, 1.807) is 23.9 Å². The highest BCUT2D eigenvalue weighted by molar-refractivity contribution is 7.98. The van der Waals surface area contributed by atoms with Gasteiger partial charge in [-0.1, -0.05) is 0 Å². The van der Waals surface area contributed by atoms with Crippen molar-refractivity contribution >= 4 is 23.4 Å². The molecule has 0 heterocycles. The van der Waals surface area contributed by atoms with Crippen molar-refractivity contribution in [1.29, 1.82) is 0 Å². The third kappa shape index (κ3) is 3.94. The molecule has 0 amide bonds. The lowest BCUT2D eigenvalue weighted by Gasteiger charge is -2.20. The van der Waals surface area contributed by atoms with Gasteiger partial charge < -0.3 is 10.2 Å². The molecule has 4 nitrogen and oxygen atoms in total. The van der Waals surface area contributed by atoms with Gasteiger partial charge in [-0.25, -0.2) is 4.79 Å². The van der Waals surface area contributed by atoms with Crippen LogP contribution < -0.4 is 11.3 Å². The molecule has 3 N–H and O–H groups in total. The van der Waals surface area contributed by atoms with Crippen molar-refractivity contribution in [2.24, 2.45) is 5.84 Å². The van der Waals surface area contributed by atoms with Gasteiger partial charge in [0, 0.05) is 4.90 Å². The first-order chi connectivity index (χ1) is 7.87. The van der Waals surface area contributed by atoms with E-state index in [1.807, 2.05) is 33.1 Å². The number of hydrogen-bond donors (Lipinski definition) is 2. The highest BCUT2D eigenvalue weighted by atomic mass is 32.2. The van der Waals surface area contributed by atoms with Crippen LogP contribution in [0.5, 0.6) is 0 Å². The number of nitrogen functional groups attached to an aromatic ring is 1. The molecule has 5 heteroatoms. The number of nitrogens with one attached hydrogen (secondary N) is 1. The number of hydrogen-bond acceptors (Lipinski definition) is 5. The van der Waals surface area contributed by atoms with Crippen molar-refractivity contribution < 1.29 is 9.53 Å². The molecular formula is C12H18N2O2S. The molecule has 17 heavy (non-hydrogen) atoms. The maximum atomic E-state index is 12.0. The molecule has 0 aliphatic heterocycles. The Balaban J connectivity index is 3.05. The molecule has 0 atom stereocenters. The van der Waals surface area contributed by atoms with E-state index >= 15 is 0 Å². The third-order valence-electron chi connectivity index (χ3n) is 2.00. The third-order valence-corrected chi connectivity index (χ3v) is 2.73. The zero-order valence-electron chi connectivity index (χ0n) is 10.5. The number of rotatable bonds is 3. The number of carbonyl (C=O) groups is 1. The molecule has 0 bridgehead atoms. The van der Waals surface area contributed by atoms with E-state index in [-0.39, 0.29) is 5.97 Å². The Labute approximate surface area is 106 Å². The molecule has 0 saturated heterocycles. The van der Waals surface area contributed by atoms with E-state index in [4.69, 9.17) is 10.6 Å². The molecule has 1 rings (SSSR count). The summed E-state index contributed by atoms with van der Waals surface area (Å²) >= 11 is 1.56. The minimum atomic E-state index is -0.516. The number of benzene rings is 1. The van der Waals surface area contributed by atoms with Gasteiger partial charge in [0.2, 0.25) is 0 Å². The molecule has 0 aliphatic carbocycles. The molecule has 94 valence electrons. The molecule has 0 fully saturated rings. The number of nitrogens with two attached hydrogens (primary N) is 1. The average molecular weight is 254 g/mol. The van der Waals surface area contributed by atoms with Crippen LogP contribution in [0.3, 0.4) is 0 Å². The summed E-state index contributed by atoms with van der Waals surface area (Å²) in [6.45, 7) is 5.50. The Hall–Kier alpha value is -1.20. The molecule has 1 aromatic carbocycles. The Kier molecular flexibility index (Phi) is 4.42. The van der Waals surface area contributed by atoms with Crippen molar-refractivity contribution in [3.8, 4) is 0 Å². The SMILES string of the molecule is CSc1ccc(NN)c(C(=O)OC(C)(C)C)c1. The van der Waals surface area contributed by atoms with Crippen LogP contribution in [0.15, 0.2) is 23.1 Å². The minimum Gasteiger partial charge on any atom is -0.456 e. The normalized spacial score (nSPS) is 11.1. The van der Waals surface area contributed by atoms with Gasteiger partial charge in [-0.15, -0.1) is 11.8 Å². The predicted molar refractivity (Wildman–Crippen MR) is 71.2 cm³/mol. The fourth-order valence-electron chi connectivity index (χ4n) is 1.28. The standard InChI is InChI=1S/C12H18N2O2S/c1-12(2,3)16-11(15)9-7-8(17-4)5-6-10(9)14-13/h5-7,14H,13H2,1-4H3. The smallest absolute Gasteiger partial charge is 0.340 e. The van der Waals surface area contributed by atoms with Crippen LogP contribution in [0.4, 0.5) is 5.69 Å². The summed E-state index contributed by atoms with van der Waals surface area (Å²) in [5, 5.41) is 0. The Bertz CT molecular complexity index is 413.